The van der Waals surface area contributed by atoms with Gasteiger partial charge in [0, 0.05) is 30.1 Å². The summed E-state index contributed by atoms with van der Waals surface area (Å²) < 4.78 is 37.5. The Balaban J connectivity index is 1.90. The lowest BCUT2D eigenvalue weighted by Crippen LogP contribution is -2.39. The van der Waals surface area contributed by atoms with Crippen molar-refractivity contribution in [3.8, 4) is 0 Å². The van der Waals surface area contributed by atoms with Crippen LogP contribution < -0.4 is 0 Å². The number of para-hydroxylation sites is 1. The minimum Gasteiger partial charge on any atom is -0.361 e. The first-order valence-corrected chi connectivity index (χ1v) is 7.80. The van der Waals surface area contributed by atoms with Crippen LogP contribution in [0.2, 0.25) is 0 Å². The molecule has 0 radical (unpaired) electrons. The number of aromatic amines is 1. The number of carbonyl (C=O) groups is 1. The molecule has 0 atom stereocenters. The Morgan fingerprint density at radius 1 is 1.26 bits per heavy atom. The first-order valence-electron chi connectivity index (χ1n) is 7.80. The van der Waals surface area contributed by atoms with Crippen molar-refractivity contribution < 1.29 is 18.0 Å². The first-order chi connectivity index (χ1) is 10.9. The number of hydrogen-bond donors (Lipinski definition) is 1. The number of fused-ring (bicyclic) bond motifs is 1. The fraction of sp³-hybridized carbons (Fsp3) is 0.471. The summed E-state index contributed by atoms with van der Waals surface area (Å²) in [4.78, 5) is 16.1. The standard InChI is InChI=1S/C17H21F3N2O/c1-2-10-22(12-17(18,19)20)16(23)9-5-6-13-11-21-15-8-4-3-7-14(13)15/h3-4,7-8,11,21H,2,5-6,9-10,12H2,1H3. The monoisotopic (exact) mass is 326 g/mol. The van der Waals surface area contributed by atoms with E-state index in [9.17, 15) is 18.0 Å². The molecule has 1 aromatic heterocycles. The molecular weight excluding hydrogens is 305 g/mol. The summed E-state index contributed by atoms with van der Waals surface area (Å²) in [7, 11) is 0. The van der Waals surface area contributed by atoms with Crippen molar-refractivity contribution >= 4 is 16.8 Å². The van der Waals surface area contributed by atoms with Crippen LogP contribution in [0.25, 0.3) is 10.9 Å². The molecule has 3 nitrogen and oxygen atoms in total. The summed E-state index contributed by atoms with van der Waals surface area (Å²) in [6.45, 7) is 0.751. The highest BCUT2D eigenvalue weighted by Crippen LogP contribution is 2.21. The van der Waals surface area contributed by atoms with E-state index in [0.29, 0.717) is 19.3 Å². The molecule has 1 heterocycles. The van der Waals surface area contributed by atoms with Gasteiger partial charge >= 0.3 is 6.18 Å². The van der Waals surface area contributed by atoms with Crippen molar-refractivity contribution in [3.05, 3.63) is 36.0 Å². The van der Waals surface area contributed by atoms with E-state index < -0.39 is 18.6 Å². The SMILES string of the molecule is CCCN(CC(F)(F)F)C(=O)CCCc1c[nH]c2ccccc12. The summed E-state index contributed by atoms with van der Waals surface area (Å²) in [6.07, 6.45) is -0.587. The third-order valence-electron chi connectivity index (χ3n) is 3.73. The predicted molar refractivity (Wildman–Crippen MR) is 84.2 cm³/mol. The van der Waals surface area contributed by atoms with Crippen LogP contribution in [0, 0.1) is 0 Å². The van der Waals surface area contributed by atoms with E-state index in [1.54, 1.807) is 6.92 Å². The Kier molecular flexibility index (Phi) is 5.69. The van der Waals surface area contributed by atoms with Gasteiger partial charge in [-0.05, 0) is 30.9 Å². The molecule has 0 aliphatic rings. The molecular formula is C17H21F3N2O. The molecule has 0 aliphatic heterocycles. The molecule has 1 N–H and O–H groups in total. The highest BCUT2D eigenvalue weighted by atomic mass is 19.4. The maximum Gasteiger partial charge on any atom is 0.406 e. The molecule has 0 unspecified atom stereocenters. The fourth-order valence-electron chi connectivity index (χ4n) is 2.70. The summed E-state index contributed by atoms with van der Waals surface area (Å²) in [6, 6.07) is 7.84. The molecule has 6 heteroatoms. The highest BCUT2D eigenvalue weighted by Gasteiger charge is 2.32. The Bertz CT molecular complexity index is 649. The maximum absolute atomic E-state index is 12.5. The van der Waals surface area contributed by atoms with Gasteiger partial charge in [-0.2, -0.15) is 13.2 Å². The van der Waals surface area contributed by atoms with Crippen molar-refractivity contribution in [2.45, 2.75) is 38.8 Å². The van der Waals surface area contributed by atoms with Crippen molar-refractivity contribution in [2.24, 2.45) is 0 Å². The van der Waals surface area contributed by atoms with Gasteiger partial charge in [0.15, 0.2) is 0 Å². The number of alkyl halides is 3. The lowest BCUT2D eigenvalue weighted by molar-refractivity contribution is -0.161. The Labute approximate surface area is 133 Å². The van der Waals surface area contributed by atoms with E-state index in [4.69, 9.17) is 0 Å². The highest BCUT2D eigenvalue weighted by molar-refractivity contribution is 5.83. The van der Waals surface area contributed by atoms with Crippen molar-refractivity contribution in [1.82, 2.24) is 9.88 Å². The van der Waals surface area contributed by atoms with E-state index in [1.807, 2.05) is 30.5 Å². The third kappa shape index (κ3) is 5.01. The number of benzene rings is 1. The normalized spacial score (nSPS) is 11.8. The number of H-pyrrole nitrogens is 1. The summed E-state index contributed by atoms with van der Waals surface area (Å²) in [5, 5.41) is 1.10. The molecule has 0 bridgehead atoms. The quantitative estimate of drug-likeness (QED) is 0.809. The second-order valence-corrected chi connectivity index (χ2v) is 5.64. The van der Waals surface area contributed by atoms with Crippen LogP contribution in [0.5, 0.6) is 0 Å². The molecule has 126 valence electrons. The summed E-state index contributed by atoms with van der Waals surface area (Å²) in [5.74, 6) is -0.427. The van der Waals surface area contributed by atoms with Crippen LogP contribution >= 0.6 is 0 Å². The second kappa shape index (κ2) is 7.53. The fourth-order valence-corrected chi connectivity index (χ4v) is 2.70. The molecule has 2 rings (SSSR count). The number of nitrogens with zero attached hydrogens (tertiary/aromatic N) is 1. The minimum atomic E-state index is -4.35. The summed E-state index contributed by atoms with van der Waals surface area (Å²) in [5.41, 5.74) is 2.12. The first kappa shape index (κ1) is 17.4. The van der Waals surface area contributed by atoms with Crippen LogP contribution in [0.3, 0.4) is 0 Å². The average Bonchev–Trinajstić information content (AvgIpc) is 2.89. The van der Waals surface area contributed by atoms with Crippen LogP contribution in [-0.2, 0) is 11.2 Å². The van der Waals surface area contributed by atoms with Gasteiger partial charge in [-0.25, -0.2) is 0 Å². The van der Waals surface area contributed by atoms with Gasteiger partial charge in [0.1, 0.15) is 6.54 Å². The van der Waals surface area contributed by atoms with Gasteiger partial charge in [0.25, 0.3) is 0 Å². The number of amides is 1. The number of hydrogen-bond acceptors (Lipinski definition) is 1. The molecule has 23 heavy (non-hydrogen) atoms. The molecule has 1 amide bonds. The number of halogens is 3. The number of aromatic nitrogens is 1. The van der Waals surface area contributed by atoms with Gasteiger partial charge in [0.05, 0.1) is 0 Å². The van der Waals surface area contributed by atoms with Crippen LogP contribution in [0.4, 0.5) is 13.2 Å². The van der Waals surface area contributed by atoms with Crippen molar-refractivity contribution in [3.63, 3.8) is 0 Å². The molecule has 0 spiro atoms. The van der Waals surface area contributed by atoms with Crippen LogP contribution in [-0.4, -0.2) is 35.1 Å². The third-order valence-corrected chi connectivity index (χ3v) is 3.73. The minimum absolute atomic E-state index is 0.135. The second-order valence-electron chi connectivity index (χ2n) is 5.64. The van der Waals surface area contributed by atoms with Crippen molar-refractivity contribution in [2.75, 3.05) is 13.1 Å². The predicted octanol–water partition coefficient (Wildman–Crippen LogP) is 4.29. The zero-order valence-corrected chi connectivity index (χ0v) is 13.1. The molecule has 0 saturated carbocycles. The summed E-state index contributed by atoms with van der Waals surface area (Å²) >= 11 is 0. The number of rotatable bonds is 7. The Morgan fingerprint density at radius 2 is 2.00 bits per heavy atom. The zero-order chi connectivity index (χ0) is 16.9. The number of nitrogens with one attached hydrogen (secondary N) is 1. The molecule has 2 aromatic rings. The van der Waals surface area contributed by atoms with Crippen LogP contribution in [0.15, 0.2) is 30.5 Å². The van der Waals surface area contributed by atoms with Gasteiger partial charge in [0.2, 0.25) is 5.91 Å². The van der Waals surface area contributed by atoms with E-state index in [2.05, 4.69) is 4.98 Å². The van der Waals surface area contributed by atoms with Gasteiger partial charge in [-0.15, -0.1) is 0 Å². The lowest BCUT2D eigenvalue weighted by Gasteiger charge is -2.23. The van der Waals surface area contributed by atoms with E-state index in [0.717, 1.165) is 21.4 Å². The Hall–Kier alpha value is -1.98. The Morgan fingerprint density at radius 3 is 2.70 bits per heavy atom. The molecule has 0 aliphatic carbocycles. The molecule has 0 fully saturated rings. The van der Waals surface area contributed by atoms with E-state index in [1.165, 1.54) is 0 Å². The largest absolute Gasteiger partial charge is 0.406 e. The smallest absolute Gasteiger partial charge is 0.361 e. The lowest BCUT2D eigenvalue weighted by atomic mass is 10.1. The average molecular weight is 326 g/mol. The van der Waals surface area contributed by atoms with Crippen LogP contribution in [0.1, 0.15) is 31.7 Å². The van der Waals surface area contributed by atoms with Gasteiger partial charge in [-0.3, -0.25) is 4.79 Å². The van der Waals surface area contributed by atoms with E-state index >= 15 is 0 Å². The van der Waals surface area contributed by atoms with Gasteiger partial charge in [-0.1, -0.05) is 25.1 Å². The zero-order valence-electron chi connectivity index (χ0n) is 13.1. The molecule has 0 saturated heterocycles. The maximum atomic E-state index is 12.5. The number of aryl methyl sites for hydroxylation is 1. The topological polar surface area (TPSA) is 36.1 Å². The van der Waals surface area contributed by atoms with E-state index in [-0.39, 0.29) is 13.0 Å². The van der Waals surface area contributed by atoms with Crippen molar-refractivity contribution in [1.29, 1.82) is 0 Å². The number of carbonyl (C=O) groups excluding carboxylic acids is 1. The molecule has 1 aromatic carbocycles. The van der Waals surface area contributed by atoms with Gasteiger partial charge < -0.3 is 9.88 Å².